The molecule has 3 aromatic carbocycles. The predicted molar refractivity (Wildman–Crippen MR) is 177 cm³/mol. The second kappa shape index (κ2) is 13.7. The number of halogens is 5. The van der Waals surface area contributed by atoms with Crippen LogP contribution in [0.15, 0.2) is 60.8 Å². The van der Waals surface area contributed by atoms with E-state index >= 15 is 0 Å². The summed E-state index contributed by atoms with van der Waals surface area (Å²) in [5.41, 5.74) is 4.25. The number of anilines is 1. The van der Waals surface area contributed by atoms with Gasteiger partial charge in [0.1, 0.15) is 6.04 Å². The van der Waals surface area contributed by atoms with Crippen molar-refractivity contribution < 1.29 is 32.7 Å². The first kappa shape index (κ1) is 35.0. The van der Waals surface area contributed by atoms with Gasteiger partial charge in [-0.25, -0.2) is 4.68 Å². The summed E-state index contributed by atoms with van der Waals surface area (Å²) in [6.07, 6.45) is -2.53. The number of alkyl halides is 3. The van der Waals surface area contributed by atoms with Crippen LogP contribution in [0, 0.1) is 6.92 Å². The topological polar surface area (TPSA) is 134 Å². The molecule has 10 nitrogen and oxygen atoms in total. The number of nitrogens with one attached hydrogen (secondary N) is 1. The highest BCUT2D eigenvalue weighted by molar-refractivity contribution is 6.39. The molecular weight excluding hydrogens is 672 g/mol. The molecule has 3 amide bonds. The van der Waals surface area contributed by atoms with E-state index in [0.29, 0.717) is 47.1 Å². The minimum atomic E-state index is -5.14. The molecule has 0 saturated carbocycles. The third kappa shape index (κ3) is 6.80. The number of amides is 3. The number of rotatable bonds is 10. The number of aromatic nitrogens is 2. The number of likely N-dealkylation sites (tertiary alicyclic amines) is 1. The normalized spacial score (nSPS) is 16.2. The monoisotopic (exact) mass is 704 g/mol. The summed E-state index contributed by atoms with van der Waals surface area (Å²) in [5.74, 6) is -1.77. The molecule has 2 heterocycles. The second-order valence-corrected chi connectivity index (χ2v) is 12.5. The number of hydrogen-bond acceptors (Lipinski definition) is 6. The predicted octanol–water partition coefficient (Wildman–Crippen LogP) is 5.60. The van der Waals surface area contributed by atoms with Crippen LogP contribution in [0.25, 0.3) is 16.6 Å². The number of likely N-dealkylation sites (N-methyl/N-ethyl adjacent to an activating group) is 1. The van der Waals surface area contributed by atoms with Gasteiger partial charge in [-0.3, -0.25) is 14.4 Å². The van der Waals surface area contributed by atoms with Gasteiger partial charge in [-0.1, -0.05) is 35.3 Å². The molecule has 1 aliphatic rings. The Hall–Kier alpha value is -4.33. The number of benzene rings is 3. The lowest BCUT2D eigenvalue weighted by Gasteiger charge is -2.36. The fourth-order valence-corrected chi connectivity index (χ4v) is 6.41. The van der Waals surface area contributed by atoms with Gasteiger partial charge in [0, 0.05) is 29.7 Å². The lowest BCUT2D eigenvalue weighted by atomic mass is 10.0. The maximum Gasteiger partial charge on any atom is 0.420 e. The summed E-state index contributed by atoms with van der Waals surface area (Å²) < 4.78 is 45.0. The molecule has 1 unspecified atom stereocenters. The van der Waals surface area contributed by atoms with Crippen LogP contribution in [-0.2, 0) is 4.79 Å². The number of nitrogens with two attached hydrogens (primary N) is 1. The third-order valence-electron chi connectivity index (χ3n) is 8.41. The Morgan fingerprint density at radius 3 is 2.44 bits per heavy atom. The van der Waals surface area contributed by atoms with Crippen LogP contribution < -0.4 is 11.1 Å². The van der Waals surface area contributed by atoms with Gasteiger partial charge in [0.2, 0.25) is 5.91 Å². The standard InChI is InChI=1S/C33H33Cl2F3N6O4/c1-3-42(31(47)28-23(34)9-5-10-24(28)35)18-32(48,33(36,37)38)17-40-25-13-19(2)14-27-22(25)16-41-44(27)21-8-4-7-20(15-21)30(46)43-12-6-11-26(43)29(39)45/h4-5,7-10,13-16,26,40,48H,3,6,11-12,17-18H2,1-2H3,(H2,39,45)/t26-,32?/m1/s1. The lowest BCUT2D eigenvalue weighted by molar-refractivity contribution is -0.257. The smallest absolute Gasteiger partial charge is 0.381 e. The number of hydrogen-bond donors (Lipinski definition) is 3. The molecule has 1 aromatic heterocycles. The first-order valence-corrected chi connectivity index (χ1v) is 15.9. The van der Waals surface area contributed by atoms with Gasteiger partial charge >= 0.3 is 6.18 Å². The molecule has 48 heavy (non-hydrogen) atoms. The molecule has 1 saturated heterocycles. The van der Waals surface area contributed by atoms with E-state index in [0.717, 1.165) is 4.90 Å². The number of nitrogens with zero attached hydrogens (tertiary/aromatic N) is 4. The van der Waals surface area contributed by atoms with E-state index in [-0.39, 0.29) is 33.7 Å². The highest BCUT2D eigenvalue weighted by atomic mass is 35.5. The van der Waals surface area contributed by atoms with Crippen molar-refractivity contribution in [1.29, 1.82) is 0 Å². The van der Waals surface area contributed by atoms with Crippen molar-refractivity contribution >= 4 is 57.5 Å². The van der Waals surface area contributed by atoms with Crippen molar-refractivity contribution in [2.45, 2.75) is 44.5 Å². The molecule has 15 heteroatoms. The van der Waals surface area contributed by atoms with Crippen molar-refractivity contribution in [2.75, 3.05) is 31.5 Å². The van der Waals surface area contributed by atoms with E-state index in [2.05, 4.69) is 10.4 Å². The van der Waals surface area contributed by atoms with E-state index < -0.39 is 42.7 Å². The van der Waals surface area contributed by atoms with Crippen LogP contribution in [0.4, 0.5) is 18.9 Å². The zero-order chi connectivity index (χ0) is 35.0. The molecule has 1 fully saturated rings. The highest BCUT2D eigenvalue weighted by Crippen LogP contribution is 2.35. The van der Waals surface area contributed by atoms with Crippen LogP contribution in [-0.4, -0.2) is 86.4 Å². The van der Waals surface area contributed by atoms with Gasteiger partial charge in [0.05, 0.1) is 46.1 Å². The van der Waals surface area contributed by atoms with Gasteiger partial charge in [0.15, 0.2) is 5.60 Å². The zero-order valence-electron chi connectivity index (χ0n) is 26.0. The summed E-state index contributed by atoms with van der Waals surface area (Å²) in [5, 5.41) is 18.6. The van der Waals surface area contributed by atoms with Crippen LogP contribution in [0.2, 0.25) is 10.0 Å². The minimum absolute atomic E-state index is 0.0282. The quantitative estimate of drug-likeness (QED) is 0.197. The van der Waals surface area contributed by atoms with Crippen LogP contribution in [0.1, 0.15) is 46.0 Å². The zero-order valence-corrected chi connectivity index (χ0v) is 27.5. The fraction of sp³-hybridized carbons (Fsp3) is 0.333. The molecule has 0 spiro atoms. The van der Waals surface area contributed by atoms with Crippen molar-refractivity contribution in [1.82, 2.24) is 19.6 Å². The number of aliphatic hydroxyl groups is 1. The molecule has 2 atom stereocenters. The Morgan fingerprint density at radius 1 is 1.10 bits per heavy atom. The molecule has 5 rings (SSSR count). The number of carbonyl (C=O) groups excluding carboxylic acids is 3. The number of primary amides is 1. The van der Waals surface area contributed by atoms with Crippen LogP contribution in [0.5, 0.6) is 0 Å². The molecule has 4 N–H and O–H groups in total. The van der Waals surface area contributed by atoms with Crippen LogP contribution >= 0.6 is 23.2 Å². The third-order valence-corrected chi connectivity index (χ3v) is 9.04. The first-order chi connectivity index (χ1) is 22.6. The molecular formula is C33H33Cl2F3N6O4. The molecule has 0 aliphatic carbocycles. The largest absolute Gasteiger partial charge is 0.420 e. The Morgan fingerprint density at radius 2 is 1.79 bits per heavy atom. The summed E-state index contributed by atoms with van der Waals surface area (Å²) >= 11 is 12.3. The van der Waals surface area contributed by atoms with E-state index in [1.54, 1.807) is 48.0 Å². The Balaban J connectivity index is 1.43. The van der Waals surface area contributed by atoms with Gasteiger partial charge in [-0.2, -0.15) is 18.3 Å². The van der Waals surface area contributed by atoms with E-state index in [9.17, 15) is 32.7 Å². The SMILES string of the molecule is CCN(CC(O)(CNc1cc(C)cc2c1cnn2-c1cccc(C(=O)N2CCC[C@@H]2C(N)=O)c1)C(F)(F)F)C(=O)c1c(Cl)cccc1Cl. The molecule has 1 aliphatic heterocycles. The molecule has 4 aromatic rings. The van der Waals surface area contributed by atoms with Crippen molar-refractivity contribution in [2.24, 2.45) is 5.73 Å². The molecule has 0 radical (unpaired) electrons. The van der Waals surface area contributed by atoms with Gasteiger partial charge in [0.25, 0.3) is 11.8 Å². The summed E-state index contributed by atoms with van der Waals surface area (Å²) in [6.45, 7) is 1.37. The molecule has 254 valence electrons. The van der Waals surface area contributed by atoms with Crippen LogP contribution in [0.3, 0.4) is 0 Å². The van der Waals surface area contributed by atoms with Crippen molar-refractivity contribution in [3.63, 3.8) is 0 Å². The molecule has 0 bridgehead atoms. The summed E-state index contributed by atoms with van der Waals surface area (Å²) in [4.78, 5) is 40.7. The lowest BCUT2D eigenvalue weighted by Crippen LogP contribution is -2.58. The Bertz CT molecular complexity index is 1860. The Kier molecular flexibility index (Phi) is 9.95. The minimum Gasteiger partial charge on any atom is -0.381 e. The summed E-state index contributed by atoms with van der Waals surface area (Å²) in [7, 11) is 0. The van der Waals surface area contributed by atoms with Crippen molar-refractivity contribution in [3.8, 4) is 5.69 Å². The van der Waals surface area contributed by atoms with Gasteiger partial charge < -0.3 is 26.0 Å². The van der Waals surface area contributed by atoms with Gasteiger partial charge in [-0.05, 0) is 74.7 Å². The van der Waals surface area contributed by atoms with E-state index in [1.165, 1.54) is 36.2 Å². The van der Waals surface area contributed by atoms with Crippen molar-refractivity contribution in [3.05, 3.63) is 87.5 Å². The first-order valence-electron chi connectivity index (χ1n) is 15.1. The highest BCUT2D eigenvalue weighted by Gasteiger charge is 2.55. The number of aryl methyl sites for hydroxylation is 1. The fourth-order valence-electron chi connectivity index (χ4n) is 5.85. The van der Waals surface area contributed by atoms with E-state index in [1.807, 2.05) is 0 Å². The maximum absolute atomic E-state index is 14.5. The summed E-state index contributed by atoms with van der Waals surface area (Å²) in [6, 6.07) is 13.6. The number of carbonyl (C=O) groups is 3. The average molecular weight is 706 g/mol. The second-order valence-electron chi connectivity index (χ2n) is 11.7. The maximum atomic E-state index is 14.5. The average Bonchev–Trinajstić information content (AvgIpc) is 3.70. The van der Waals surface area contributed by atoms with Gasteiger partial charge in [-0.15, -0.1) is 0 Å². The number of fused-ring (bicyclic) bond motifs is 1. The van der Waals surface area contributed by atoms with E-state index in [4.69, 9.17) is 28.9 Å². The Labute approximate surface area is 284 Å².